The van der Waals surface area contributed by atoms with Gasteiger partial charge in [-0.15, -0.1) is 0 Å². The maximum absolute atomic E-state index is 12.8. The molecule has 0 saturated carbocycles. The molecule has 0 atom stereocenters. The molecule has 2 aliphatic rings. The first-order valence-electron chi connectivity index (χ1n) is 7.22. The fourth-order valence-corrected chi connectivity index (χ4v) is 3.60. The molecule has 0 N–H and O–H groups in total. The van der Waals surface area contributed by atoms with Crippen LogP contribution in [0.4, 0.5) is 0 Å². The van der Waals surface area contributed by atoms with Gasteiger partial charge in [0.15, 0.2) is 11.6 Å². The second-order valence-electron chi connectivity index (χ2n) is 5.69. The fraction of sp³-hybridized carbons (Fsp3) is 0. The van der Waals surface area contributed by atoms with Gasteiger partial charge < -0.3 is 0 Å². The van der Waals surface area contributed by atoms with Crippen molar-refractivity contribution in [2.24, 2.45) is 0 Å². The van der Waals surface area contributed by atoms with Gasteiger partial charge in [-0.1, -0.05) is 42.5 Å². The molecule has 2 heteroatoms. The fourth-order valence-electron chi connectivity index (χ4n) is 3.60. The van der Waals surface area contributed by atoms with Crippen molar-refractivity contribution in [2.75, 3.05) is 0 Å². The summed E-state index contributed by atoms with van der Waals surface area (Å²) in [6.07, 6.45) is 3.43. The van der Waals surface area contributed by atoms with Crippen LogP contribution in [0.25, 0.3) is 28.0 Å². The molecule has 0 aromatic heterocycles. The minimum atomic E-state index is 0.00232. The van der Waals surface area contributed by atoms with E-state index in [4.69, 9.17) is 0 Å². The Morgan fingerprint density at radius 2 is 1.27 bits per heavy atom. The Bertz CT molecular complexity index is 1050. The first-order valence-corrected chi connectivity index (χ1v) is 7.22. The molecular weight excluding hydrogens is 272 g/mol. The third-order valence-electron chi connectivity index (χ3n) is 4.58. The first-order chi connectivity index (χ1) is 10.8. The third kappa shape index (κ3) is 1.25. The van der Waals surface area contributed by atoms with Gasteiger partial charge in [-0.25, -0.2) is 0 Å². The maximum Gasteiger partial charge on any atom is 0.194 e. The molecule has 22 heavy (non-hydrogen) atoms. The summed E-state index contributed by atoms with van der Waals surface area (Å²) in [5.74, 6) is 0.0382. The summed E-state index contributed by atoms with van der Waals surface area (Å²) in [5.41, 5.74) is 5.10. The molecule has 0 spiro atoms. The van der Waals surface area contributed by atoms with Crippen molar-refractivity contribution in [3.63, 3.8) is 0 Å². The Labute approximate surface area is 126 Å². The molecule has 2 aliphatic carbocycles. The lowest BCUT2D eigenvalue weighted by molar-refractivity contribution is 0.103. The monoisotopic (exact) mass is 282 g/mol. The summed E-state index contributed by atoms with van der Waals surface area (Å²) in [5, 5.41) is 1.82. The predicted octanol–water partition coefficient (Wildman–Crippen LogP) is 4.26. The first kappa shape index (κ1) is 11.6. The van der Waals surface area contributed by atoms with Crippen molar-refractivity contribution >= 4 is 28.4 Å². The van der Waals surface area contributed by atoms with Crippen LogP contribution in [0.2, 0.25) is 0 Å². The normalized spacial score (nSPS) is 14.4. The van der Waals surface area contributed by atoms with E-state index in [0.29, 0.717) is 11.1 Å². The quantitative estimate of drug-likeness (QED) is 0.483. The predicted molar refractivity (Wildman–Crippen MR) is 86.2 cm³/mol. The minimum Gasteiger partial charge on any atom is -0.289 e. The van der Waals surface area contributed by atoms with Crippen LogP contribution < -0.4 is 0 Å². The van der Waals surface area contributed by atoms with Gasteiger partial charge in [0.25, 0.3) is 0 Å². The number of fused-ring (bicyclic) bond motifs is 2. The van der Waals surface area contributed by atoms with Crippen molar-refractivity contribution in [3.8, 4) is 11.1 Å². The zero-order valence-electron chi connectivity index (χ0n) is 11.6. The van der Waals surface area contributed by atoms with E-state index in [9.17, 15) is 9.59 Å². The van der Waals surface area contributed by atoms with Gasteiger partial charge in [-0.05, 0) is 34.9 Å². The van der Waals surface area contributed by atoms with E-state index in [0.717, 1.165) is 33.0 Å². The molecule has 102 valence electrons. The summed E-state index contributed by atoms with van der Waals surface area (Å²) in [6, 6.07) is 15.3. The maximum atomic E-state index is 12.8. The SMILES string of the molecule is O=C1C=Cc2ccc3c4c(ccc1c24)-c1ccccc1C3=O. The van der Waals surface area contributed by atoms with Crippen molar-refractivity contribution in [1.82, 2.24) is 0 Å². The van der Waals surface area contributed by atoms with Crippen LogP contribution in [-0.4, -0.2) is 11.6 Å². The Morgan fingerprint density at radius 3 is 2.14 bits per heavy atom. The highest BCUT2D eigenvalue weighted by Crippen LogP contribution is 2.42. The molecule has 0 radical (unpaired) electrons. The Morgan fingerprint density at radius 1 is 0.545 bits per heavy atom. The third-order valence-corrected chi connectivity index (χ3v) is 4.58. The van der Waals surface area contributed by atoms with E-state index >= 15 is 0 Å². The molecule has 5 rings (SSSR count). The largest absolute Gasteiger partial charge is 0.289 e. The second kappa shape index (κ2) is 3.80. The highest BCUT2D eigenvalue weighted by atomic mass is 16.1. The van der Waals surface area contributed by atoms with E-state index in [1.807, 2.05) is 54.6 Å². The van der Waals surface area contributed by atoms with E-state index in [-0.39, 0.29) is 11.6 Å². The molecule has 0 fully saturated rings. The van der Waals surface area contributed by atoms with Crippen LogP contribution in [0.3, 0.4) is 0 Å². The zero-order valence-corrected chi connectivity index (χ0v) is 11.6. The van der Waals surface area contributed by atoms with Crippen molar-refractivity contribution in [1.29, 1.82) is 0 Å². The lowest BCUT2D eigenvalue weighted by Crippen LogP contribution is -2.12. The summed E-state index contributed by atoms with van der Waals surface area (Å²) < 4.78 is 0. The number of allylic oxidation sites excluding steroid dienone is 1. The van der Waals surface area contributed by atoms with E-state index < -0.39 is 0 Å². The standard InChI is InChI=1S/C20H10O2/c21-17-10-6-11-5-7-16-19-13(8-9-15(17)18(11)19)12-3-1-2-4-14(12)20(16)22/h1-10H. The van der Waals surface area contributed by atoms with Crippen molar-refractivity contribution in [3.05, 3.63) is 76.9 Å². The molecule has 0 amide bonds. The summed E-state index contributed by atoms with van der Waals surface area (Å²) >= 11 is 0. The molecule has 0 unspecified atom stereocenters. The Hall–Kier alpha value is -3.00. The molecule has 3 aromatic rings. The number of rotatable bonds is 0. The van der Waals surface area contributed by atoms with Gasteiger partial charge in [-0.2, -0.15) is 0 Å². The van der Waals surface area contributed by atoms with Crippen LogP contribution in [0.5, 0.6) is 0 Å². The Kier molecular flexibility index (Phi) is 2.01. The number of hydrogen-bond acceptors (Lipinski definition) is 2. The van der Waals surface area contributed by atoms with Crippen molar-refractivity contribution in [2.45, 2.75) is 0 Å². The number of carbonyl (C=O) groups excluding carboxylic acids is 2. The molecule has 0 saturated heterocycles. The van der Waals surface area contributed by atoms with Gasteiger partial charge in [0.1, 0.15) is 0 Å². The second-order valence-corrected chi connectivity index (χ2v) is 5.69. The number of benzene rings is 3. The minimum absolute atomic E-state index is 0.00232. The van der Waals surface area contributed by atoms with Crippen LogP contribution in [0.1, 0.15) is 31.8 Å². The summed E-state index contributed by atoms with van der Waals surface area (Å²) in [7, 11) is 0. The van der Waals surface area contributed by atoms with Gasteiger partial charge in [0.2, 0.25) is 0 Å². The molecule has 0 aliphatic heterocycles. The number of ketones is 2. The summed E-state index contributed by atoms with van der Waals surface area (Å²) in [6.45, 7) is 0. The number of carbonyl (C=O) groups is 2. The average molecular weight is 282 g/mol. The molecule has 2 nitrogen and oxygen atoms in total. The van der Waals surface area contributed by atoms with E-state index in [2.05, 4.69) is 0 Å². The highest BCUT2D eigenvalue weighted by Gasteiger charge is 2.28. The van der Waals surface area contributed by atoms with Gasteiger partial charge in [0.05, 0.1) is 0 Å². The molecule has 0 bridgehead atoms. The lowest BCUT2D eigenvalue weighted by Gasteiger charge is -2.23. The van der Waals surface area contributed by atoms with E-state index in [1.54, 1.807) is 6.08 Å². The zero-order chi connectivity index (χ0) is 14.8. The topological polar surface area (TPSA) is 34.1 Å². The smallest absolute Gasteiger partial charge is 0.194 e. The number of hydrogen-bond donors (Lipinski definition) is 0. The average Bonchev–Trinajstić information content (AvgIpc) is 2.57. The van der Waals surface area contributed by atoms with Gasteiger partial charge in [0, 0.05) is 27.5 Å². The molecule has 0 heterocycles. The molecule has 3 aromatic carbocycles. The van der Waals surface area contributed by atoms with Gasteiger partial charge >= 0.3 is 0 Å². The summed E-state index contributed by atoms with van der Waals surface area (Å²) in [4.78, 5) is 25.0. The van der Waals surface area contributed by atoms with Crippen LogP contribution in [0, 0.1) is 0 Å². The van der Waals surface area contributed by atoms with Crippen molar-refractivity contribution < 1.29 is 9.59 Å². The molecular formula is C20H10O2. The van der Waals surface area contributed by atoms with Crippen LogP contribution >= 0.6 is 0 Å². The van der Waals surface area contributed by atoms with Crippen LogP contribution in [0.15, 0.2) is 54.6 Å². The Balaban J connectivity index is 2.06. The van der Waals surface area contributed by atoms with Gasteiger partial charge in [-0.3, -0.25) is 9.59 Å². The lowest BCUT2D eigenvalue weighted by atomic mass is 9.79. The van der Waals surface area contributed by atoms with Crippen LogP contribution in [-0.2, 0) is 0 Å². The highest BCUT2D eigenvalue weighted by molar-refractivity contribution is 6.30. The van der Waals surface area contributed by atoms with E-state index in [1.165, 1.54) is 0 Å².